The minimum Gasteiger partial charge on any atom is -0.491 e. The molecule has 1 saturated heterocycles. The summed E-state index contributed by atoms with van der Waals surface area (Å²) in [6.45, 7) is 1.28. The van der Waals surface area contributed by atoms with E-state index in [4.69, 9.17) is 21.1 Å². The van der Waals surface area contributed by atoms with Crippen LogP contribution >= 0.6 is 22.9 Å². The molecule has 3 rings (SSSR count). The number of benzene rings is 1. The molecule has 110 valence electrons. The maximum absolute atomic E-state index is 11.9. The molecule has 2 aromatic rings. The summed E-state index contributed by atoms with van der Waals surface area (Å²) < 4.78 is 10.6. The van der Waals surface area contributed by atoms with Crippen molar-refractivity contribution in [2.45, 2.75) is 12.5 Å². The third kappa shape index (κ3) is 4.20. The highest BCUT2D eigenvalue weighted by Gasteiger charge is 2.23. The second kappa shape index (κ2) is 6.47. The first-order chi connectivity index (χ1) is 10.2. The molecule has 6 heteroatoms. The van der Waals surface area contributed by atoms with Crippen LogP contribution in [0.2, 0.25) is 5.02 Å². The van der Waals surface area contributed by atoms with Gasteiger partial charge in [-0.05, 0) is 23.6 Å². The van der Waals surface area contributed by atoms with Gasteiger partial charge in [-0.2, -0.15) is 0 Å². The highest BCUT2D eigenvalue weighted by molar-refractivity contribution is 7.10. The lowest BCUT2D eigenvalue weighted by Gasteiger charge is -2.09. The number of hydrogen-bond donors (Lipinski definition) is 1. The Morgan fingerprint density at radius 2 is 2.33 bits per heavy atom. The van der Waals surface area contributed by atoms with Gasteiger partial charge >= 0.3 is 0 Å². The van der Waals surface area contributed by atoms with E-state index in [1.807, 2.05) is 17.5 Å². The van der Waals surface area contributed by atoms with Gasteiger partial charge in [0.1, 0.15) is 18.5 Å². The molecule has 1 atom stereocenters. The molecule has 0 bridgehead atoms. The van der Waals surface area contributed by atoms with E-state index < -0.39 is 0 Å². The van der Waals surface area contributed by atoms with Crippen molar-refractivity contribution in [3.8, 4) is 5.75 Å². The molecule has 1 aromatic heterocycles. The number of epoxide rings is 1. The Morgan fingerprint density at radius 1 is 1.48 bits per heavy atom. The zero-order valence-corrected chi connectivity index (χ0v) is 12.7. The zero-order valence-electron chi connectivity index (χ0n) is 11.2. The van der Waals surface area contributed by atoms with Crippen molar-refractivity contribution < 1.29 is 14.3 Å². The molecule has 0 saturated carbocycles. The molecule has 1 aliphatic heterocycles. The summed E-state index contributed by atoms with van der Waals surface area (Å²) in [6.07, 6.45) is 0.555. The molecule has 1 N–H and O–H groups in total. The summed E-state index contributed by atoms with van der Waals surface area (Å²) in [4.78, 5) is 13.0. The van der Waals surface area contributed by atoms with E-state index in [0.29, 0.717) is 29.5 Å². The predicted octanol–water partition coefficient (Wildman–Crippen LogP) is 3.36. The fraction of sp³-hybridized carbons (Fsp3) is 0.267. The van der Waals surface area contributed by atoms with E-state index in [0.717, 1.165) is 11.5 Å². The van der Waals surface area contributed by atoms with Gasteiger partial charge in [0.05, 0.1) is 23.7 Å². The number of carbonyl (C=O) groups excluding carboxylic acids is 1. The molecule has 1 aliphatic rings. The average molecular weight is 324 g/mol. The van der Waals surface area contributed by atoms with E-state index in [1.54, 1.807) is 29.5 Å². The van der Waals surface area contributed by atoms with Gasteiger partial charge in [-0.3, -0.25) is 4.79 Å². The summed E-state index contributed by atoms with van der Waals surface area (Å²) in [5.74, 6) is 0.589. The van der Waals surface area contributed by atoms with Crippen LogP contribution < -0.4 is 10.1 Å². The highest BCUT2D eigenvalue weighted by atomic mass is 35.5. The van der Waals surface area contributed by atoms with E-state index >= 15 is 0 Å². The summed E-state index contributed by atoms with van der Waals surface area (Å²) in [5.41, 5.74) is 0.591. The number of rotatable bonds is 6. The lowest BCUT2D eigenvalue weighted by molar-refractivity contribution is -0.115. The Bertz CT molecular complexity index is 626. The van der Waals surface area contributed by atoms with Crippen LogP contribution in [0.25, 0.3) is 0 Å². The third-order valence-corrected chi connectivity index (χ3v) is 4.16. The molecular formula is C15H14ClNO3S. The second-order valence-electron chi connectivity index (χ2n) is 4.71. The predicted molar refractivity (Wildman–Crippen MR) is 83.3 cm³/mol. The molecule has 0 aliphatic carbocycles. The Hall–Kier alpha value is -1.56. The molecule has 1 aromatic carbocycles. The summed E-state index contributed by atoms with van der Waals surface area (Å²) >= 11 is 7.72. The number of thiophene rings is 1. The Labute approximate surface area is 131 Å². The molecule has 1 fully saturated rings. The summed E-state index contributed by atoms with van der Waals surface area (Å²) in [7, 11) is 0. The minimum atomic E-state index is -0.0839. The SMILES string of the molecule is O=C(Cc1cccs1)Nc1ccc(OCC2CO2)cc1Cl. The molecule has 1 unspecified atom stereocenters. The number of halogens is 1. The monoisotopic (exact) mass is 323 g/mol. The molecular weight excluding hydrogens is 310 g/mol. The van der Waals surface area contributed by atoms with Gasteiger partial charge in [0.25, 0.3) is 0 Å². The molecule has 0 radical (unpaired) electrons. The fourth-order valence-electron chi connectivity index (χ4n) is 1.81. The largest absolute Gasteiger partial charge is 0.491 e. The Morgan fingerprint density at radius 3 is 3.00 bits per heavy atom. The molecule has 1 amide bonds. The first-order valence-corrected chi connectivity index (χ1v) is 7.82. The number of hydrogen-bond acceptors (Lipinski definition) is 4. The van der Waals surface area contributed by atoms with E-state index in [2.05, 4.69) is 5.32 Å². The standard InChI is InChI=1S/C15H14ClNO3S/c16-13-6-10(19-8-11-9-20-11)3-4-14(13)17-15(18)7-12-2-1-5-21-12/h1-6,11H,7-9H2,(H,17,18). The van der Waals surface area contributed by atoms with Crippen LogP contribution in [0.1, 0.15) is 4.88 Å². The third-order valence-electron chi connectivity index (χ3n) is 2.97. The van der Waals surface area contributed by atoms with Gasteiger partial charge in [0.15, 0.2) is 0 Å². The van der Waals surface area contributed by atoms with Gasteiger partial charge in [-0.25, -0.2) is 0 Å². The normalized spacial score (nSPS) is 16.5. The van der Waals surface area contributed by atoms with Crippen LogP contribution in [0.5, 0.6) is 5.75 Å². The molecule has 2 heterocycles. The Balaban J connectivity index is 1.58. The van der Waals surface area contributed by atoms with E-state index in [-0.39, 0.29) is 12.0 Å². The smallest absolute Gasteiger partial charge is 0.229 e. The van der Waals surface area contributed by atoms with Crippen molar-refractivity contribution >= 4 is 34.5 Å². The van der Waals surface area contributed by atoms with Crippen LogP contribution in [0.3, 0.4) is 0 Å². The van der Waals surface area contributed by atoms with Gasteiger partial charge < -0.3 is 14.8 Å². The Kier molecular flexibility index (Phi) is 4.43. The van der Waals surface area contributed by atoms with Crippen molar-refractivity contribution in [3.63, 3.8) is 0 Å². The van der Waals surface area contributed by atoms with Crippen molar-refractivity contribution in [1.82, 2.24) is 0 Å². The van der Waals surface area contributed by atoms with Gasteiger partial charge in [-0.15, -0.1) is 11.3 Å². The number of nitrogens with one attached hydrogen (secondary N) is 1. The van der Waals surface area contributed by atoms with Crippen LogP contribution in [0.4, 0.5) is 5.69 Å². The van der Waals surface area contributed by atoms with Crippen LogP contribution in [-0.4, -0.2) is 25.2 Å². The van der Waals surface area contributed by atoms with Gasteiger partial charge in [0.2, 0.25) is 5.91 Å². The topological polar surface area (TPSA) is 50.9 Å². The number of carbonyl (C=O) groups is 1. The van der Waals surface area contributed by atoms with Crippen molar-refractivity contribution in [2.75, 3.05) is 18.5 Å². The van der Waals surface area contributed by atoms with Crippen LogP contribution in [0.15, 0.2) is 35.7 Å². The van der Waals surface area contributed by atoms with Gasteiger partial charge in [-0.1, -0.05) is 17.7 Å². The van der Waals surface area contributed by atoms with Gasteiger partial charge in [0, 0.05) is 10.9 Å². The quantitative estimate of drug-likeness (QED) is 0.829. The maximum atomic E-state index is 11.9. The second-order valence-corrected chi connectivity index (χ2v) is 6.15. The highest BCUT2D eigenvalue weighted by Crippen LogP contribution is 2.27. The first-order valence-electron chi connectivity index (χ1n) is 6.57. The minimum absolute atomic E-state index is 0.0839. The lowest BCUT2D eigenvalue weighted by Crippen LogP contribution is -2.14. The molecule has 21 heavy (non-hydrogen) atoms. The number of amides is 1. The summed E-state index contributed by atoms with van der Waals surface area (Å²) in [6, 6.07) is 9.09. The fourth-order valence-corrected chi connectivity index (χ4v) is 2.73. The van der Waals surface area contributed by atoms with Crippen LogP contribution in [0, 0.1) is 0 Å². The van der Waals surface area contributed by atoms with E-state index in [9.17, 15) is 4.79 Å². The number of ether oxygens (including phenoxy) is 2. The van der Waals surface area contributed by atoms with Crippen molar-refractivity contribution in [2.24, 2.45) is 0 Å². The van der Waals surface area contributed by atoms with E-state index in [1.165, 1.54) is 0 Å². The maximum Gasteiger partial charge on any atom is 0.229 e. The lowest BCUT2D eigenvalue weighted by atomic mass is 10.2. The zero-order chi connectivity index (χ0) is 14.7. The number of anilines is 1. The average Bonchev–Trinajstić information content (AvgIpc) is 3.16. The summed E-state index contributed by atoms with van der Waals surface area (Å²) in [5, 5.41) is 5.22. The molecule has 4 nitrogen and oxygen atoms in total. The van der Waals surface area contributed by atoms with Crippen molar-refractivity contribution in [1.29, 1.82) is 0 Å². The van der Waals surface area contributed by atoms with Crippen LogP contribution in [-0.2, 0) is 16.0 Å². The van der Waals surface area contributed by atoms with Crippen molar-refractivity contribution in [3.05, 3.63) is 45.6 Å². The first kappa shape index (κ1) is 14.4. The molecule has 0 spiro atoms.